The zero-order valence-electron chi connectivity index (χ0n) is 11.8. The quantitative estimate of drug-likeness (QED) is 0.793. The Morgan fingerprint density at radius 3 is 2.74 bits per heavy atom. The van der Waals surface area contributed by atoms with Gasteiger partial charge in [0.05, 0.1) is 12.1 Å². The number of unbranched alkanes of at least 4 members (excludes halogenated alkanes) is 1. The fraction of sp³-hybridized carbons (Fsp3) is 0.529. The van der Waals surface area contributed by atoms with E-state index in [1.54, 1.807) is 0 Å². The molecule has 3 atom stereocenters. The summed E-state index contributed by atoms with van der Waals surface area (Å²) < 4.78 is 0. The maximum absolute atomic E-state index is 10.4. The summed E-state index contributed by atoms with van der Waals surface area (Å²) in [6.07, 6.45) is 5.16. The molecular weight excluding hydrogens is 234 g/mol. The van der Waals surface area contributed by atoms with Gasteiger partial charge in [-0.25, -0.2) is 0 Å². The number of hydrogen-bond acceptors (Lipinski definition) is 2. The van der Waals surface area contributed by atoms with Crippen LogP contribution in [-0.2, 0) is 6.54 Å². The summed E-state index contributed by atoms with van der Waals surface area (Å²) in [5.74, 6) is 0.395. The minimum Gasteiger partial charge on any atom is -0.391 e. The van der Waals surface area contributed by atoms with Crippen LogP contribution in [0.2, 0.25) is 0 Å². The Morgan fingerprint density at radius 1 is 1.37 bits per heavy atom. The number of nitrogens with zero attached hydrogens (tertiary/aromatic N) is 1. The van der Waals surface area contributed by atoms with Crippen LogP contribution in [0.4, 0.5) is 0 Å². The van der Waals surface area contributed by atoms with Crippen LogP contribution < -0.4 is 0 Å². The lowest BCUT2D eigenvalue weighted by atomic mass is 9.96. The Bertz CT molecular complexity index is 390. The van der Waals surface area contributed by atoms with Gasteiger partial charge in [-0.2, -0.15) is 0 Å². The molecule has 0 radical (unpaired) electrons. The minimum absolute atomic E-state index is 0.0991. The van der Waals surface area contributed by atoms with Crippen molar-refractivity contribution in [1.82, 2.24) is 4.90 Å². The second-order valence-corrected chi connectivity index (χ2v) is 5.53. The van der Waals surface area contributed by atoms with Gasteiger partial charge in [-0.1, -0.05) is 56.2 Å². The molecule has 0 aromatic heterocycles. The van der Waals surface area contributed by atoms with E-state index < -0.39 is 0 Å². The Hall–Kier alpha value is -1.12. The van der Waals surface area contributed by atoms with E-state index >= 15 is 0 Å². The van der Waals surface area contributed by atoms with Crippen molar-refractivity contribution < 1.29 is 5.11 Å². The normalized spacial score (nSPS) is 27.6. The summed E-state index contributed by atoms with van der Waals surface area (Å²) >= 11 is 0. The number of aliphatic hydroxyl groups is 1. The van der Waals surface area contributed by atoms with Crippen LogP contribution in [0.3, 0.4) is 0 Å². The number of benzene rings is 1. The molecule has 1 aromatic rings. The van der Waals surface area contributed by atoms with E-state index in [0.29, 0.717) is 5.92 Å². The third-order valence-corrected chi connectivity index (χ3v) is 4.12. The monoisotopic (exact) mass is 259 g/mol. The average Bonchev–Trinajstić information content (AvgIpc) is 2.73. The molecule has 0 spiro atoms. The fourth-order valence-corrected chi connectivity index (χ4v) is 3.03. The standard InChI is InChI=1S/C17H25NO/c1-3-5-11-15-13-18(16(4-2)17(15)19)12-14-9-7-6-8-10-14/h4,6-10,15-17,19H,2-3,5,11-13H2,1H3/t15-,16-,17+/m0/s1. The second-order valence-electron chi connectivity index (χ2n) is 5.53. The predicted octanol–water partition coefficient (Wildman–Crippen LogP) is 3.22. The third-order valence-electron chi connectivity index (χ3n) is 4.12. The van der Waals surface area contributed by atoms with Gasteiger partial charge in [0.15, 0.2) is 0 Å². The van der Waals surface area contributed by atoms with Gasteiger partial charge in [0.25, 0.3) is 0 Å². The molecule has 2 heteroatoms. The molecule has 0 saturated carbocycles. The highest BCUT2D eigenvalue weighted by molar-refractivity contribution is 5.16. The van der Waals surface area contributed by atoms with Gasteiger partial charge in [-0.3, -0.25) is 4.90 Å². The molecule has 0 aliphatic carbocycles. The molecule has 1 aliphatic heterocycles. The van der Waals surface area contributed by atoms with Crippen LogP contribution in [0, 0.1) is 5.92 Å². The first-order chi connectivity index (χ1) is 9.26. The lowest BCUT2D eigenvalue weighted by molar-refractivity contribution is 0.110. The van der Waals surface area contributed by atoms with Crippen molar-refractivity contribution in [2.75, 3.05) is 6.54 Å². The van der Waals surface area contributed by atoms with Crippen LogP contribution in [0.1, 0.15) is 31.7 Å². The van der Waals surface area contributed by atoms with E-state index in [0.717, 1.165) is 19.5 Å². The molecule has 0 unspecified atom stereocenters. The average molecular weight is 259 g/mol. The second kappa shape index (κ2) is 6.88. The van der Waals surface area contributed by atoms with Crippen LogP contribution in [0.5, 0.6) is 0 Å². The Kier molecular flexibility index (Phi) is 5.17. The number of rotatable bonds is 6. The summed E-state index contributed by atoms with van der Waals surface area (Å²) in [6.45, 7) is 7.98. The topological polar surface area (TPSA) is 23.5 Å². The van der Waals surface area contributed by atoms with Crippen molar-refractivity contribution in [1.29, 1.82) is 0 Å². The van der Waals surface area contributed by atoms with Crippen molar-refractivity contribution >= 4 is 0 Å². The summed E-state index contributed by atoms with van der Waals surface area (Å²) in [6, 6.07) is 10.6. The summed E-state index contributed by atoms with van der Waals surface area (Å²) in [7, 11) is 0. The summed E-state index contributed by atoms with van der Waals surface area (Å²) in [5, 5.41) is 10.4. The molecule has 2 nitrogen and oxygen atoms in total. The third kappa shape index (κ3) is 3.46. The van der Waals surface area contributed by atoms with Crippen molar-refractivity contribution in [3.63, 3.8) is 0 Å². The number of aliphatic hydroxyl groups excluding tert-OH is 1. The smallest absolute Gasteiger partial charge is 0.0771 e. The number of hydrogen-bond donors (Lipinski definition) is 1. The molecule has 1 aliphatic rings. The predicted molar refractivity (Wildman–Crippen MR) is 79.9 cm³/mol. The Labute approximate surface area is 116 Å². The van der Waals surface area contributed by atoms with Crippen LogP contribution >= 0.6 is 0 Å². The Balaban J connectivity index is 2.01. The molecule has 0 amide bonds. The van der Waals surface area contributed by atoms with Gasteiger partial charge in [0.2, 0.25) is 0 Å². The van der Waals surface area contributed by atoms with E-state index in [1.165, 1.54) is 18.4 Å². The maximum Gasteiger partial charge on any atom is 0.0771 e. The molecule has 1 fully saturated rings. The molecular formula is C17H25NO. The van der Waals surface area contributed by atoms with E-state index in [1.807, 2.05) is 12.1 Å². The van der Waals surface area contributed by atoms with Crippen molar-refractivity contribution in [3.8, 4) is 0 Å². The van der Waals surface area contributed by atoms with Gasteiger partial charge in [0.1, 0.15) is 0 Å². The van der Waals surface area contributed by atoms with Gasteiger partial charge in [-0.15, -0.1) is 6.58 Å². The summed E-state index contributed by atoms with van der Waals surface area (Å²) in [5.41, 5.74) is 1.30. The highest BCUT2D eigenvalue weighted by atomic mass is 16.3. The zero-order chi connectivity index (χ0) is 13.7. The number of likely N-dealkylation sites (tertiary alicyclic amines) is 1. The van der Waals surface area contributed by atoms with Gasteiger partial charge < -0.3 is 5.11 Å². The van der Waals surface area contributed by atoms with E-state index in [9.17, 15) is 5.11 Å². The zero-order valence-corrected chi connectivity index (χ0v) is 11.8. The van der Waals surface area contributed by atoms with Crippen LogP contribution in [0.15, 0.2) is 43.0 Å². The minimum atomic E-state index is -0.257. The first kappa shape index (κ1) is 14.3. The van der Waals surface area contributed by atoms with Crippen molar-refractivity contribution in [2.45, 2.75) is 44.9 Å². The van der Waals surface area contributed by atoms with E-state index in [4.69, 9.17) is 0 Å². The van der Waals surface area contributed by atoms with Crippen molar-refractivity contribution in [3.05, 3.63) is 48.6 Å². The molecule has 0 bridgehead atoms. The first-order valence-corrected chi connectivity index (χ1v) is 7.34. The summed E-state index contributed by atoms with van der Waals surface area (Å²) in [4.78, 5) is 2.35. The molecule has 1 saturated heterocycles. The first-order valence-electron chi connectivity index (χ1n) is 7.34. The molecule has 2 rings (SSSR count). The maximum atomic E-state index is 10.4. The van der Waals surface area contributed by atoms with Crippen LogP contribution in [0.25, 0.3) is 0 Å². The van der Waals surface area contributed by atoms with Crippen molar-refractivity contribution in [2.24, 2.45) is 5.92 Å². The van der Waals surface area contributed by atoms with E-state index in [2.05, 4.69) is 42.7 Å². The largest absolute Gasteiger partial charge is 0.391 e. The molecule has 1 heterocycles. The van der Waals surface area contributed by atoms with Crippen LogP contribution in [-0.4, -0.2) is 28.7 Å². The van der Waals surface area contributed by atoms with Gasteiger partial charge in [0, 0.05) is 13.1 Å². The van der Waals surface area contributed by atoms with E-state index in [-0.39, 0.29) is 12.1 Å². The fourth-order valence-electron chi connectivity index (χ4n) is 3.03. The SMILES string of the molecule is C=C[C@H]1[C@H](O)[C@@H](CCCC)CN1Cc1ccccc1. The van der Waals surface area contributed by atoms with Gasteiger partial charge >= 0.3 is 0 Å². The molecule has 19 heavy (non-hydrogen) atoms. The molecule has 1 aromatic carbocycles. The highest BCUT2D eigenvalue weighted by Crippen LogP contribution is 2.29. The lowest BCUT2D eigenvalue weighted by Crippen LogP contribution is -2.33. The Morgan fingerprint density at radius 2 is 2.11 bits per heavy atom. The molecule has 104 valence electrons. The lowest BCUT2D eigenvalue weighted by Gasteiger charge is -2.23. The highest BCUT2D eigenvalue weighted by Gasteiger charge is 2.38. The molecule has 1 N–H and O–H groups in total. The van der Waals surface area contributed by atoms with Gasteiger partial charge in [-0.05, 0) is 17.9 Å².